The minimum absolute atomic E-state index is 0.0726. The fourth-order valence-corrected chi connectivity index (χ4v) is 3.97. The van der Waals surface area contributed by atoms with Gasteiger partial charge in [0.15, 0.2) is 6.61 Å². The molecular weight excluding hydrogens is 368 g/mol. The molecule has 1 aromatic heterocycles. The Labute approximate surface area is 149 Å². The van der Waals surface area contributed by atoms with Crippen molar-refractivity contribution in [1.82, 2.24) is 19.5 Å². The average molecular weight is 386 g/mol. The smallest absolute Gasteiger partial charge is 0.355 e. The molecule has 2 aliphatic heterocycles. The van der Waals surface area contributed by atoms with Crippen LogP contribution in [0.4, 0.5) is 4.79 Å². The average Bonchev–Trinajstić information content (AvgIpc) is 3.29. The van der Waals surface area contributed by atoms with Crippen LogP contribution in [0.5, 0.6) is 0 Å². The largest absolute Gasteiger partial charge is 0.451 e. The number of sulfonamides is 1. The van der Waals surface area contributed by atoms with E-state index in [9.17, 15) is 22.8 Å². The van der Waals surface area contributed by atoms with Crippen LogP contribution in [0.15, 0.2) is 17.2 Å². The van der Waals surface area contributed by atoms with Crippen LogP contribution in [0, 0.1) is 0 Å². The van der Waals surface area contributed by atoms with Crippen LogP contribution in [0.3, 0.4) is 0 Å². The molecule has 0 spiro atoms. The molecule has 3 rings (SSSR count). The van der Waals surface area contributed by atoms with Crippen LogP contribution >= 0.6 is 0 Å². The standard InChI is InChI=1S/C14H18N4O7S/c19-12(18-2-1-15-14(18)21)9-25-13(20)11-7-10(8-16-11)26(22,23)17-3-5-24-6-4-17/h7-8,16H,1-6,9H2,(H,15,21). The van der Waals surface area contributed by atoms with E-state index in [1.807, 2.05) is 0 Å². The molecule has 142 valence electrons. The summed E-state index contributed by atoms with van der Waals surface area (Å²) in [4.78, 5) is 38.6. The van der Waals surface area contributed by atoms with Crippen molar-refractivity contribution in [2.45, 2.75) is 4.90 Å². The Balaban J connectivity index is 1.61. The van der Waals surface area contributed by atoms with Gasteiger partial charge in [-0.25, -0.2) is 18.0 Å². The van der Waals surface area contributed by atoms with Crippen LogP contribution in [-0.2, 0) is 24.3 Å². The van der Waals surface area contributed by atoms with E-state index in [0.29, 0.717) is 19.8 Å². The third-order valence-electron chi connectivity index (χ3n) is 3.97. The number of esters is 1. The monoisotopic (exact) mass is 386 g/mol. The first-order valence-corrected chi connectivity index (χ1v) is 9.35. The van der Waals surface area contributed by atoms with Crippen molar-refractivity contribution in [1.29, 1.82) is 0 Å². The van der Waals surface area contributed by atoms with Gasteiger partial charge in [-0.1, -0.05) is 0 Å². The van der Waals surface area contributed by atoms with Crippen LogP contribution in [0.2, 0.25) is 0 Å². The highest BCUT2D eigenvalue weighted by Crippen LogP contribution is 2.18. The number of ether oxygens (including phenoxy) is 2. The van der Waals surface area contributed by atoms with E-state index in [-0.39, 0.29) is 30.2 Å². The van der Waals surface area contributed by atoms with E-state index in [4.69, 9.17) is 9.47 Å². The third kappa shape index (κ3) is 3.71. The molecule has 0 bridgehead atoms. The van der Waals surface area contributed by atoms with E-state index in [1.54, 1.807) is 0 Å². The Bertz CT molecular complexity index is 813. The van der Waals surface area contributed by atoms with Gasteiger partial charge >= 0.3 is 12.0 Å². The summed E-state index contributed by atoms with van der Waals surface area (Å²) in [6.07, 6.45) is 1.19. The highest BCUT2D eigenvalue weighted by molar-refractivity contribution is 7.89. The van der Waals surface area contributed by atoms with Gasteiger partial charge in [0.25, 0.3) is 5.91 Å². The normalized spacial score (nSPS) is 18.6. The topological polar surface area (TPSA) is 138 Å². The number of aromatic amines is 1. The molecular formula is C14H18N4O7S. The zero-order valence-electron chi connectivity index (χ0n) is 13.8. The maximum absolute atomic E-state index is 12.5. The lowest BCUT2D eigenvalue weighted by molar-refractivity contribution is -0.130. The van der Waals surface area contributed by atoms with Gasteiger partial charge in [0.2, 0.25) is 10.0 Å². The van der Waals surface area contributed by atoms with Crippen molar-refractivity contribution in [3.05, 3.63) is 18.0 Å². The quantitative estimate of drug-likeness (QED) is 0.603. The van der Waals surface area contributed by atoms with Gasteiger partial charge in [-0.15, -0.1) is 0 Å². The zero-order valence-corrected chi connectivity index (χ0v) is 14.6. The molecule has 1 aromatic rings. The lowest BCUT2D eigenvalue weighted by Crippen LogP contribution is -2.40. The van der Waals surface area contributed by atoms with E-state index in [0.717, 1.165) is 11.0 Å². The molecule has 2 N–H and O–H groups in total. The second kappa shape index (κ2) is 7.43. The van der Waals surface area contributed by atoms with E-state index in [2.05, 4.69) is 10.3 Å². The van der Waals surface area contributed by atoms with Crippen molar-refractivity contribution < 1.29 is 32.3 Å². The number of carbonyl (C=O) groups excluding carboxylic acids is 3. The summed E-state index contributed by atoms with van der Waals surface area (Å²) in [6.45, 7) is 1.03. The number of nitrogens with one attached hydrogen (secondary N) is 2. The lowest BCUT2D eigenvalue weighted by Gasteiger charge is -2.25. The summed E-state index contributed by atoms with van der Waals surface area (Å²) in [5.74, 6) is -1.54. The highest BCUT2D eigenvalue weighted by Gasteiger charge is 2.29. The SMILES string of the molecule is O=C(OCC(=O)N1CCNC1=O)c1cc(S(=O)(=O)N2CCOCC2)c[nH]1. The number of hydrogen-bond acceptors (Lipinski definition) is 7. The molecule has 0 atom stereocenters. The van der Waals surface area contributed by atoms with Gasteiger partial charge in [-0.05, 0) is 6.07 Å². The van der Waals surface area contributed by atoms with E-state index in [1.165, 1.54) is 10.5 Å². The summed E-state index contributed by atoms with van der Waals surface area (Å²) in [5.41, 5.74) is -0.101. The van der Waals surface area contributed by atoms with E-state index < -0.39 is 34.5 Å². The molecule has 3 amide bonds. The molecule has 0 aromatic carbocycles. The van der Waals surface area contributed by atoms with Crippen LogP contribution in [-0.4, -0.2) is 86.5 Å². The van der Waals surface area contributed by atoms with Gasteiger partial charge in [0, 0.05) is 32.4 Å². The molecule has 26 heavy (non-hydrogen) atoms. The Morgan fingerprint density at radius 2 is 1.96 bits per heavy atom. The highest BCUT2D eigenvalue weighted by atomic mass is 32.2. The van der Waals surface area contributed by atoms with E-state index >= 15 is 0 Å². The van der Waals surface area contributed by atoms with Crippen LogP contribution in [0.25, 0.3) is 0 Å². The van der Waals surface area contributed by atoms with Gasteiger partial charge < -0.3 is 19.8 Å². The first-order valence-electron chi connectivity index (χ1n) is 7.91. The summed E-state index contributed by atoms with van der Waals surface area (Å²) in [7, 11) is -3.74. The third-order valence-corrected chi connectivity index (χ3v) is 5.85. The molecule has 11 nitrogen and oxygen atoms in total. The Morgan fingerprint density at radius 3 is 2.62 bits per heavy atom. The second-order valence-electron chi connectivity index (χ2n) is 5.62. The minimum atomic E-state index is -3.74. The van der Waals surface area contributed by atoms with Crippen molar-refractivity contribution in [2.24, 2.45) is 0 Å². The number of nitrogens with zero attached hydrogens (tertiary/aromatic N) is 2. The zero-order chi connectivity index (χ0) is 18.7. The number of amides is 3. The second-order valence-corrected chi connectivity index (χ2v) is 7.56. The molecule has 12 heteroatoms. The fourth-order valence-electron chi connectivity index (χ4n) is 2.57. The number of morpholine rings is 1. The van der Waals surface area contributed by atoms with Crippen molar-refractivity contribution in [2.75, 3.05) is 46.0 Å². The van der Waals surface area contributed by atoms with Gasteiger partial charge in [-0.3, -0.25) is 9.69 Å². The number of aromatic nitrogens is 1. The number of imide groups is 1. The van der Waals surface area contributed by atoms with Gasteiger partial charge in [-0.2, -0.15) is 4.31 Å². The maximum Gasteiger partial charge on any atom is 0.355 e. The maximum atomic E-state index is 12.5. The summed E-state index contributed by atoms with van der Waals surface area (Å²) >= 11 is 0. The number of rotatable bonds is 5. The Kier molecular flexibility index (Phi) is 5.25. The molecule has 3 heterocycles. The molecule has 2 aliphatic rings. The predicted octanol–water partition coefficient (Wildman–Crippen LogP) is -1.26. The summed E-state index contributed by atoms with van der Waals surface area (Å²) in [5, 5.41) is 2.46. The molecule has 2 saturated heterocycles. The summed E-state index contributed by atoms with van der Waals surface area (Å²) < 4.78 is 36.2. The fraction of sp³-hybridized carbons (Fsp3) is 0.500. The van der Waals surface area contributed by atoms with Gasteiger partial charge in [0.05, 0.1) is 13.2 Å². The molecule has 0 saturated carbocycles. The minimum Gasteiger partial charge on any atom is -0.451 e. The molecule has 0 aliphatic carbocycles. The molecule has 0 unspecified atom stereocenters. The van der Waals surface area contributed by atoms with Crippen molar-refractivity contribution in [3.8, 4) is 0 Å². The lowest BCUT2D eigenvalue weighted by atomic mass is 10.4. The Hall–Kier alpha value is -2.44. The first-order chi connectivity index (χ1) is 12.4. The number of H-pyrrole nitrogens is 1. The molecule has 0 radical (unpaired) electrons. The van der Waals surface area contributed by atoms with Crippen molar-refractivity contribution in [3.63, 3.8) is 0 Å². The number of urea groups is 1. The Morgan fingerprint density at radius 1 is 1.23 bits per heavy atom. The number of carbonyl (C=O) groups is 3. The van der Waals surface area contributed by atoms with Crippen molar-refractivity contribution >= 4 is 27.9 Å². The van der Waals surface area contributed by atoms with Crippen LogP contribution in [0.1, 0.15) is 10.5 Å². The number of hydrogen-bond donors (Lipinski definition) is 2. The van der Waals surface area contributed by atoms with Crippen LogP contribution < -0.4 is 5.32 Å². The summed E-state index contributed by atoms with van der Waals surface area (Å²) in [6, 6.07) is 0.616. The first kappa shape index (κ1) is 18.4. The molecule has 2 fully saturated rings. The predicted molar refractivity (Wildman–Crippen MR) is 85.8 cm³/mol. The van der Waals surface area contributed by atoms with Gasteiger partial charge in [0.1, 0.15) is 10.6 Å².